The van der Waals surface area contributed by atoms with Gasteiger partial charge in [-0.15, -0.1) is 0 Å². The largest absolute Gasteiger partial charge is 0.497 e. The third kappa shape index (κ3) is 61.5. The van der Waals surface area contributed by atoms with Crippen LogP contribution >= 0.6 is 45.5 Å². The van der Waals surface area contributed by atoms with Gasteiger partial charge in [0.2, 0.25) is 6.79 Å². The van der Waals surface area contributed by atoms with Crippen LogP contribution in [-0.4, -0.2) is 114 Å². The highest BCUT2D eigenvalue weighted by molar-refractivity contribution is 8.13. The molecule has 0 aromatic heterocycles. The molecule has 790 valence electrons. The summed E-state index contributed by atoms with van der Waals surface area (Å²) in [6.45, 7) is 50.1. The summed E-state index contributed by atoms with van der Waals surface area (Å²) in [5.74, 6) is 10.4. The van der Waals surface area contributed by atoms with Gasteiger partial charge in [0.05, 0.1) is 53.8 Å². The van der Waals surface area contributed by atoms with Crippen LogP contribution in [0.15, 0.2) is 197 Å². The van der Waals surface area contributed by atoms with Crippen LogP contribution in [0.3, 0.4) is 0 Å². The molecule has 0 radical (unpaired) electrons. The number of hydrogen-bond acceptors (Lipinski definition) is 18. The number of aliphatic hydroxyl groups excluding tert-OH is 2. The van der Waals surface area contributed by atoms with E-state index in [1.807, 2.05) is 130 Å². The Kier molecular flexibility index (Phi) is 69.7. The Morgan fingerprint density at radius 3 is 0.786 bits per heavy atom. The molecule has 3 fully saturated rings. The van der Waals surface area contributed by atoms with Gasteiger partial charge in [0, 0.05) is 10.7 Å². The lowest BCUT2D eigenvalue weighted by Crippen LogP contribution is -2.17. The van der Waals surface area contributed by atoms with Gasteiger partial charge in [-0.2, -0.15) is 16.8 Å². The number of alkyl halides is 3. The molecule has 140 heavy (non-hydrogen) atoms. The number of aryl methyl sites for hydroxylation is 3. The molecule has 0 spiro atoms. The van der Waals surface area contributed by atoms with E-state index in [2.05, 4.69) is 129 Å². The van der Waals surface area contributed by atoms with Crippen molar-refractivity contribution < 1.29 is 92.5 Å². The fraction of sp³-hybridized carbons (Fsp3) is 0.549. The molecule has 3 saturated carbocycles. The number of carboxylic acid groups (broad SMARTS) is 1. The summed E-state index contributed by atoms with van der Waals surface area (Å²) in [7, 11) is -1.61. The number of carboxylic acids is 1. The summed E-state index contributed by atoms with van der Waals surface area (Å²) in [5.41, 5.74) is 5.32. The molecule has 9 aromatic carbocycles. The highest BCUT2D eigenvalue weighted by Gasteiger charge is 2.23. The van der Waals surface area contributed by atoms with Gasteiger partial charge in [0.1, 0.15) is 24.0 Å². The van der Waals surface area contributed by atoms with Crippen LogP contribution in [0.5, 0.6) is 17.2 Å². The zero-order valence-electron chi connectivity index (χ0n) is 87.9. The van der Waals surface area contributed by atoms with Crippen molar-refractivity contribution >= 4 is 125 Å². The molecule has 9 aromatic rings. The lowest BCUT2D eigenvalue weighted by molar-refractivity contribution is -0.153. The monoisotopic (exact) mass is 2090 g/mol. The van der Waals surface area contributed by atoms with Crippen molar-refractivity contribution in [3.05, 3.63) is 215 Å². The number of aliphatic carboxylic acids is 1. The molecule has 12 rings (SSSR count). The van der Waals surface area contributed by atoms with Crippen molar-refractivity contribution in [2.45, 2.75) is 307 Å². The minimum absolute atomic E-state index is 0. The van der Waals surface area contributed by atoms with Crippen LogP contribution in [0.1, 0.15) is 300 Å². The molecule has 0 amide bonds. The number of halogens is 4. The summed E-state index contributed by atoms with van der Waals surface area (Å²) in [6.07, 6.45) is 21.8. The Bertz CT molecular complexity index is 5020. The average Bonchev–Trinajstić information content (AvgIpc) is 0.821. The first kappa shape index (κ1) is 134. The van der Waals surface area contributed by atoms with E-state index in [0.717, 1.165) is 154 Å². The van der Waals surface area contributed by atoms with Crippen molar-refractivity contribution in [1.82, 2.24) is 0 Å². The van der Waals surface area contributed by atoms with E-state index in [4.69, 9.17) is 93.6 Å². The molecule has 5 N–H and O–H groups in total. The number of ether oxygens (including phenoxy) is 5. The maximum Gasteiger partial charge on any atom is 0.315 e. The predicted molar refractivity (Wildman–Crippen MR) is 584 cm³/mol. The normalized spacial score (nSPS) is 16.4. The second kappa shape index (κ2) is 72.6. The number of carbonyl (C=O) groups is 3. The average molecular weight is 2090 g/mol. The Morgan fingerprint density at radius 2 is 0.571 bits per heavy atom. The molecule has 0 saturated heterocycles. The van der Waals surface area contributed by atoms with Gasteiger partial charge in [-0.3, -0.25) is 18.9 Å². The fourth-order valence-corrected chi connectivity index (χ4v) is 17.1. The van der Waals surface area contributed by atoms with Crippen molar-refractivity contribution in [2.75, 3.05) is 41.7 Å². The predicted octanol–water partition coefficient (Wildman–Crippen LogP) is 30.9. The number of fused-ring (bicyclic) bond motifs is 3. The maximum absolute atomic E-state index is 12.3. The van der Waals surface area contributed by atoms with Crippen LogP contribution in [0, 0.1) is 91.8 Å². The van der Waals surface area contributed by atoms with Crippen molar-refractivity contribution in [3.8, 4) is 17.2 Å². The number of esters is 2. The Hall–Kier alpha value is -7.62. The second-order valence-corrected chi connectivity index (χ2v) is 46.7. The summed E-state index contributed by atoms with van der Waals surface area (Å²) in [6, 6.07) is 52.8. The van der Waals surface area contributed by atoms with Gasteiger partial charge < -0.3 is 44.1 Å². The Balaban J connectivity index is 0. The molecule has 3 aliphatic rings. The molecule has 3 aliphatic carbocycles. The molecule has 0 bridgehead atoms. The van der Waals surface area contributed by atoms with Crippen molar-refractivity contribution in [1.29, 1.82) is 0 Å². The number of aliphatic hydroxyl groups is 3. The first-order chi connectivity index (χ1) is 64.9. The number of methoxy groups -OCH3 is 3. The van der Waals surface area contributed by atoms with E-state index in [1.165, 1.54) is 133 Å². The standard InChI is InChI=1S/C22H22O6S.C15H16O4.C14H14O3.3C8H16.C7H7ClO2S.C7H8O3S.3C7H16.CHCl3.CH4O2.CH4/c1-15-4-10-21(11-5-15)29(24,25)28-14-27-22(23)16(2)17-6-7-19-13-20(26-3)9-8-18(19)12-17;1-10(15(17)19-9-16)11-3-4-13-8-14(18-2)6-5-12(13)7-11;1-9(14(15)16)10-3-4-12-8-13(17-2)6-5-11(12)7-10;3*1-7-3-5-8(2)6-4-7;2*1-6-2-4-7(5-3-6)11(8,9)10;3*1-6(2)5-7(3)4;2-1(3)4;2-1-3;/h4-13,16H,14H2,1-3H3;3-8,10,16H,9H2,1-2H3;3-9H,1-2H3,(H,15,16);3*7-8H,3-6H2,1-2H3;2-5H,1H3;2-5H,1H3,(H,8,9,10);3*6-7H,5H2,1-4H3;1H;2-3H,1H2;1H4. The van der Waals surface area contributed by atoms with E-state index in [0.29, 0.717) is 0 Å². The number of rotatable bonds is 22. The van der Waals surface area contributed by atoms with Crippen LogP contribution < -0.4 is 14.2 Å². The van der Waals surface area contributed by atoms with E-state index >= 15 is 0 Å². The molecule has 0 heterocycles. The summed E-state index contributed by atoms with van der Waals surface area (Å²) < 4.78 is 104. The molecule has 0 aliphatic heterocycles. The Morgan fingerprint density at radius 1 is 0.350 bits per heavy atom. The highest BCUT2D eigenvalue weighted by atomic mass is 35.7. The number of carbonyl (C=O) groups excluding carboxylic acids is 2. The number of hydrogen-bond donors (Lipinski definition) is 5. The highest BCUT2D eigenvalue weighted by Crippen LogP contribution is 2.33. The summed E-state index contributed by atoms with van der Waals surface area (Å²) >= 11 is 14.4. The number of benzene rings is 9. The molecule has 3 atom stereocenters. The molecular weight excluding hydrogens is 1920 g/mol. The summed E-state index contributed by atoms with van der Waals surface area (Å²) in [4.78, 5) is 34.9. The van der Waals surface area contributed by atoms with Crippen LogP contribution in [0.2, 0.25) is 0 Å². The lowest BCUT2D eigenvalue weighted by atomic mass is 9.84. The first-order valence-electron chi connectivity index (χ1n) is 48.5. The first-order valence-corrected chi connectivity index (χ1v) is 55.0. The van der Waals surface area contributed by atoms with Gasteiger partial charge in [0.15, 0.2) is 11.1 Å². The third-order valence-electron chi connectivity index (χ3n) is 23.1. The van der Waals surface area contributed by atoms with Crippen LogP contribution in [0.4, 0.5) is 0 Å². The van der Waals surface area contributed by atoms with E-state index in [9.17, 15) is 39.6 Å². The fourth-order valence-electron chi connectivity index (χ4n) is 15.1. The van der Waals surface area contributed by atoms with Gasteiger partial charge in [-0.1, -0.05) is 370 Å². The van der Waals surface area contributed by atoms with E-state index < -0.39 is 89.6 Å². The van der Waals surface area contributed by atoms with Gasteiger partial charge in [-0.05, 0) is 254 Å². The van der Waals surface area contributed by atoms with Crippen LogP contribution in [-0.2, 0) is 57.3 Å². The minimum atomic E-state index is -4.02. The smallest absolute Gasteiger partial charge is 0.315 e. The molecule has 20 nitrogen and oxygen atoms in total. The van der Waals surface area contributed by atoms with Gasteiger partial charge in [0.25, 0.3) is 29.3 Å². The third-order valence-corrected chi connectivity index (χ3v) is 26.6. The lowest BCUT2D eigenvalue weighted by Gasteiger charge is -2.22. The van der Waals surface area contributed by atoms with Gasteiger partial charge >= 0.3 is 17.9 Å². The zero-order chi connectivity index (χ0) is 106. The molecular formula is C113H172Cl4O20S3. The van der Waals surface area contributed by atoms with E-state index in [-0.39, 0.29) is 22.1 Å². The maximum atomic E-state index is 12.3. The van der Waals surface area contributed by atoms with Crippen molar-refractivity contribution in [2.24, 2.45) is 71.0 Å². The van der Waals surface area contributed by atoms with E-state index in [1.54, 1.807) is 78.5 Å². The SMILES string of the molecule is C.CC(C)CC(C)C.CC(C)CC(C)C.CC(C)CC(C)C.CC1CCC(C)CC1.CC1CCC(C)CC1.CC1CCC(C)CC1.COc1ccc2cc(C(C)C(=O)O)ccc2c1.COc1ccc2cc(C(C)C(=O)OCO)ccc2c1.COc1ccc2cc(C(C)C(=O)OCOS(=O)(=O)c3ccc(C)cc3)ccc2c1.Cc1ccc(S(=O)(=O)Cl)cc1.Cc1ccc(S(=O)(=O)O)cc1.ClC(Cl)Cl.OCO. The Labute approximate surface area is 863 Å². The topological polar surface area (TPSA) is 310 Å². The summed E-state index contributed by atoms with van der Waals surface area (Å²) in [5, 5.41) is 37.9. The van der Waals surface area contributed by atoms with Gasteiger partial charge in [-0.25, -0.2) is 12.6 Å². The second-order valence-electron chi connectivity index (χ2n) is 39.1. The van der Waals surface area contributed by atoms with Crippen molar-refractivity contribution in [3.63, 3.8) is 0 Å². The molecule has 3 unspecified atom stereocenters. The minimum Gasteiger partial charge on any atom is -0.497 e. The molecule has 27 heteroatoms. The van der Waals surface area contributed by atoms with Crippen LogP contribution in [0.25, 0.3) is 32.3 Å². The zero-order valence-corrected chi connectivity index (χ0v) is 93.4. The quantitative estimate of drug-likeness (QED) is 0.0105.